The lowest BCUT2D eigenvalue weighted by molar-refractivity contribution is -0.157. The topological polar surface area (TPSA) is 58.6 Å². The summed E-state index contributed by atoms with van der Waals surface area (Å²) in [6.07, 6.45) is 5.55. The molecule has 5 nitrogen and oxygen atoms in total. The molecular formula is C16H26N2O3. The van der Waals surface area contributed by atoms with Crippen LogP contribution in [-0.2, 0) is 14.3 Å². The van der Waals surface area contributed by atoms with Crippen LogP contribution < -0.4 is 5.32 Å². The van der Waals surface area contributed by atoms with Crippen LogP contribution in [0.15, 0.2) is 0 Å². The number of nitrogens with one attached hydrogen (secondary N) is 1. The van der Waals surface area contributed by atoms with Crippen molar-refractivity contribution in [1.29, 1.82) is 0 Å². The Morgan fingerprint density at radius 3 is 2.43 bits per heavy atom. The van der Waals surface area contributed by atoms with E-state index in [0.29, 0.717) is 6.54 Å². The highest BCUT2D eigenvalue weighted by atomic mass is 16.5. The summed E-state index contributed by atoms with van der Waals surface area (Å²) in [7, 11) is 0. The number of rotatable bonds is 2. The zero-order chi connectivity index (χ0) is 15.1. The molecule has 3 fully saturated rings. The van der Waals surface area contributed by atoms with Crippen molar-refractivity contribution in [2.45, 2.75) is 64.0 Å². The van der Waals surface area contributed by atoms with Crippen molar-refractivity contribution < 1.29 is 14.3 Å². The van der Waals surface area contributed by atoms with Gasteiger partial charge < -0.3 is 15.0 Å². The predicted octanol–water partition coefficient (Wildman–Crippen LogP) is 1.46. The van der Waals surface area contributed by atoms with Gasteiger partial charge in [0.15, 0.2) is 0 Å². The van der Waals surface area contributed by atoms with Gasteiger partial charge in [-0.25, -0.2) is 0 Å². The summed E-state index contributed by atoms with van der Waals surface area (Å²) in [6.45, 7) is 6.24. The molecule has 2 saturated heterocycles. The minimum atomic E-state index is -0.606. The van der Waals surface area contributed by atoms with Crippen LogP contribution in [0, 0.1) is 5.41 Å². The highest BCUT2D eigenvalue weighted by molar-refractivity contribution is 5.99. The van der Waals surface area contributed by atoms with Gasteiger partial charge in [0.1, 0.15) is 11.6 Å². The maximum atomic E-state index is 13.0. The zero-order valence-electron chi connectivity index (χ0n) is 13.1. The Kier molecular flexibility index (Phi) is 3.72. The van der Waals surface area contributed by atoms with E-state index >= 15 is 0 Å². The third-order valence-corrected chi connectivity index (χ3v) is 5.59. The summed E-state index contributed by atoms with van der Waals surface area (Å²) in [6, 6.07) is -0.358. The molecule has 0 aromatic heterocycles. The molecule has 21 heavy (non-hydrogen) atoms. The summed E-state index contributed by atoms with van der Waals surface area (Å²) in [5.41, 5.74) is -0.537. The number of ether oxygens (including phenoxy) is 1. The van der Waals surface area contributed by atoms with Gasteiger partial charge >= 0.3 is 0 Å². The minimum Gasteiger partial charge on any atom is -0.381 e. The fourth-order valence-electron chi connectivity index (χ4n) is 3.95. The van der Waals surface area contributed by atoms with E-state index in [9.17, 15) is 9.59 Å². The third kappa shape index (κ3) is 2.56. The van der Waals surface area contributed by atoms with Gasteiger partial charge in [-0.05, 0) is 38.0 Å². The van der Waals surface area contributed by atoms with Crippen molar-refractivity contribution in [1.82, 2.24) is 10.2 Å². The highest BCUT2D eigenvalue weighted by Gasteiger charge is 2.51. The van der Waals surface area contributed by atoms with Crippen LogP contribution >= 0.6 is 0 Å². The van der Waals surface area contributed by atoms with E-state index in [1.807, 2.05) is 11.8 Å². The minimum absolute atomic E-state index is 0.00663. The van der Waals surface area contributed by atoms with Gasteiger partial charge in [0.05, 0.1) is 0 Å². The first-order valence-corrected chi connectivity index (χ1v) is 8.17. The third-order valence-electron chi connectivity index (χ3n) is 5.59. The lowest BCUT2D eigenvalue weighted by Crippen LogP contribution is -2.69. The molecule has 0 aromatic rings. The van der Waals surface area contributed by atoms with Gasteiger partial charge in [-0.15, -0.1) is 0 Å². The average molecular weight is 294 g/mol. The van der Waals surface area contributed by atoms with E-state index in [4.69, 9.17) is 4.74 Å². The second-order valence-electron chi connectivity index (χ2n) is 7.31. The van der Waals surface area contributed by atoms with Crippen LogP contribution in [0.1, 0.15) is 52.4 Å². The Bertz CT molecular complexity index is 437. The summed E-state index contributed by atoms with van der Waals surface area (Å²) in [4.78, 5) is 27.2. The van der Waals surface area contributed by atoms with Gasteiger partial charge in [-0.3, -0.25) is 9.59 Å². The quantitative estimate of drug-likeness (QED) is 0.839. The Morgan fingerprint density at radius 2 is 1.81 bits per heavy atom. The molecule has 2 amide bonds. The van der Waals surface area contributed by atoms with Crippen molar-refractivity contribution in [3.8, 4) is 0 Å². The molecule has 1 atom stereocenters. The summed E-state index contributed by atoms with van der Waals surface area (Å²) < 4.78 is 5.44. The van der Waals surface area contributed by atoms with E-state index in [2.05, 4.69) is 12.2 Å². The van der Waals surface area contributed by atoms with Crippen molar-refractivity contribution >= 4 is 11.8 Å². The molecule has 118 valence electrons. The molecular weight excluding hydrogens is 268 g/mol. The number of amides is 2. The van der Waals surface area contributed by atoms with Crippen LogP contribution in [0.5, 0.6) is 0 Å². The SMILES string of the molecule is CC1C(=O)NC2(CCCC2)C(=O)N1CC1(C)CCOCC1. The molecule has 0 aromatic carbocycles. The number of carbonyl (C=O) groups excluding carboxylic acids is 2. The normalized spacial score (nSPS) is 31.5. The van der Waals surface area contributed by atoms with Crippen LogP contribution in [-0.4, -0.2) is 48.1 Å². The average Bonchev–Trinajstić information content (AvgIpc) is 2.92. The molecule has 3 aliphatic rings. The van der Waals surface area contributed by atoms with E-state index < -0.39 is 5.54 Å². The van der Waals surface area contributed by atoms with E-state index in [1.54, 1.807) is 0 Å². The van der Waals surface area contributed by atoms with Gasteiger partial charge in [0, 0.05) is 19.8 Å². The van der Waals surface area contributed by atoms with E-state index in [0.717, 1.165) is 51.7 Å². The monoisotopic (exact) mass is 294 g/mol. The smallest absolute Gasteiger partial charge is 0.249 e. The highest BCUT2D eigenvalue weighted by Crippen LogP contribution is 2.37. The molecule has 1 N–H and O–H groups in total. The fraction of sp³-hybridized carbons (Fsp3) is 0.875. The zero-order valence-corrected chi connectivity index (χ0v) is 13.1. The van der Waals surface area contributed by atoms with Crippen LogP contribution in [0.2, 0.25) is 0 Å². The summed E-state index contributed by atoms with van der Waals surface area (Å²) in [5, 5.41) is 3.02. The number of hydrogen-bond donors (Lipinski definition) is 1. The number of hydrogen-bond acceptors (Lipinski definition) is 3. The van der Waals surface area contributed by atoms with E-state index in [-0.39, 0.29) is 23.3 Å². The molecule has 1 unspecified atom stereocenters. The van der Waals surface area contributed by atoms with E-state index in [1.165, 1.54) is 0 Å². The van der Waals surface area contributed by atoms with Gasteiger partial charge in [0.2, 0.25) is 11.8 Å². The van der Waals surface area contributed by atoms with Gasteiger partial charge in [-0.2, -0.15) is 0 Å². The molecule has 1 spiro atoms. The number of nitrogens with zero attached hydrogens (tertiary/aromatic N) is 1. The van der Waals surface area contributed by atoms with Crippen LogP contribution in [0.4, 0.5) is 0 Å². The van der Waals surface area contributed by atoms with Gasteiger partial charge in [0.25, 0.3) is 0 Å². The maximum absolute atomic E-state index is 13.0. The lowest BCUT2D eigenvalue weighted by atomic mass is 9.80. The lowest BCUT2D eigenvalue weighted by Gasteiger charge is -2.47. The molecule has 0 radical (unpaired) electrons. The first-order chi connectivity index (χ1) is 9.96. The Morgan fingerprint density at radius 1 is 1.19 bits per heavy atom. The largest absolute Gasteiger partial charge is 0.381 e. The second-order valence-corrected chi connectivity index (χ2v) is 7.31. The molecule has 2 aliphatic heterocycles. The second kappa shape index (κ2) is 5.27. The fourth-order valence-corrected chi connectivity index (χ4v) is 3.95. The maximum Gasteiger partial charge on any atom is 0.249 e. The number of piperazine rings is 1. The van der Waals surface area contributed by atoms with Crippen LogP contribution in [0.3, 0.4) is 0 Å². The Balaban J connectivity index is 1.81. The molecule has 1 saturated carbocycles. The first kappa shape index (κ1) is 14.8. The Hall–Kier alpha value is -1.10. The van der Waals surface area contributed by atoms with Crippen molar-refractivity contribution in [3.05, 3.63) is 0 Å². The Labute approximate surface area is 126 Å². The molecule has 3 rings (SSSR count). The first-order valence-electron chi connectivity index (χ1n) is 8.17. The molecule has 5 heteroatoms. The predicted molar refractivity (Wildman–Crippen MR) is 78.7 cm³/mol. The van der Waals surface area contributed by atoms with Crippen molar-refractivity contribution in [3.63, 3.8) is 0 Å². The molecule has 2 heterocycles. The molecule has 0 bridgehead atoms. The number of carbonyl (C=O) groups is 2. The standard InChI is InChI=1S/C16H26N2O3/c1-12-13(19)17-16(5-3-4-6-16)14(20)18(12)11-15(2)7-9-21-10-8-15/h12H,3-11H2,1-2H3,(H,17,19). The van der Waals surface area contributed by atoms with Crippen molar-refractivity contribution in [2.75, 3.05) is 19.8 Å². The molecule has 1 aliphatic carbocycles. The van der Waals surface area contributed by atoms with Crippen LogP contribution in [0.25, 0.3) is 0 Å². The van der Waals surface area contributed by atoms with Crippen molar-refractivity contribution in [2.24, 2.45) is 5.41 Å². The summed E-state index contributed by atoms with van der Waals surface area (Å²) in [5.74, 6) is 0.145. The summed E-state index contributed by atoms with van der Waals surface area (Å²) >= 11 is 0. The van der Waals surface area contributed by atoms with Gasteiger partial charge in [-0.1, -0.05) is 19.8 Å².